The van der Waals surface area contributed by atoms with Crippen LogP contribution in [0.5, 0.6) is 0 Å². The Morgan fingerprint density at radius 1 is 1.16 bits per heavy atom. The fourth-order valence-corrected chi connectivity index (χ4v) is 2.43. The van der Waals surface area contributed by atoms with Crippen LogP contribution in [0.25, 0.3) is 0 Å². The molecule has 1 rings (SSSR count). The number of anilines is 1. The third-order valence-electron chi connectivity index (χ3n) is 3.02. The Kier molecular flexibility index (Phi) is 5.40. The summed E-state index contributed by atoms with van der Waals surface area (Å²) in [6.07, 6.45) is 0. The highest BCUT2D eigenvalue weighted by Gasteiger charge is 2.17. The standard InChI is InChI=1S/C16H27N3/c1-11(2)9-19(10-12(3)4)15-13(5)7-6-8-14(15)16(17)18/h6-8,11-12H,9-10H2,1-5H3,(H3,17,18). The van der Waals surface area contributed by atoms with Crippen LogP contribution in [0.1, 0.15) is 38.8 Å². The van der Waals surface area contributed by atoms with Crippen LogP contribution in [-0.2, 0) is 0 Å². The Morgan fingerprint density at radius 3 is 2.11 bits per heavy atom. The maximum atomic E-state index is 7.78. The second-order valence-corrected chi connectivity index (χ2v) is 6.08. The van der Waals surface area contributed by atoms with Crippen LogP contribution in [0.3, 0.4) is 0 Å². The Bertz CT molecular complexity index is 426. The molecule has 0 saturated carbocycles. The molecule has 3 nitrogen and oxygen atoms in total. The minimum atomic E-state index is 0.149. The quantitative estimate of drug-likeness (QED) is 0.609. The number of amidine groups is 1. The van der Waals surface area contributed by atoms with Gasteiger partial charge in [0.1, 0.15) is 5.84 Å². The molecule has 3 heteroatoms. The number of aryl methyl sites for hydroxylation is 1. The van der Waals surface area contributed by atoms with Crippen molar-refractivity contribution in [2.45, 2.75) is 34.6 Å². The fraction of sp³-hybridized carbons (Fsp3) is 0.562. The van der Waals surface area contributed by atoms with Crippen molar-refractivity contribution in [3.63, 3.8) is 0 Å². The largest absolute Gasteiger partial charge is 0.384 e. The van der Waals surface area contributed by atoms with E-state index in [0.29, 0.717) is 11.8 Å². The van der Waals surface area contributed by atoms with Crippen LogP contribution in [0, 0.1) is 24.2 Å². The van der Waals surface area contributed by atoms with E-state index in [1.54, 1.807) is 0 Å². The Hall–Kier alpha value is -1.51. The van der Waals surface area contributed by atoms with E-state index in [-0.39, 0.29) is 5.84 Å². The lowest BCUT2D eigenvalue weighted by Gasteiger charge is -2.31. The van der Waals surface area contributed by atoms with E-state index in [9.17, 15) is 0 Å². The number of hydrogen-bond donors (Lipinski definition) is 2. The van der Waals surface area contributed by atoms with Crippen molar-refractivity contribution in [3.05, 3.63) is 29.3 Å². The molecule has 0 aliphatic heterocycles. The van der Waals surface area contributed by atoms with Gasteiger partial charge in [-0.25, -0.2) is 0 Å². The molecule has 106 valence electrons. The van der Waals surface area contributed by atoms with Crippen LogP contribution in [-0.4, -0.2) is 18.9 Å². The SMILES string of the molecule is Cc1cccc(C(=N)N)c1N(CC(C)C)CC(C)C. The number of nitrogens with one attached hydrogen (secondary N) is 1. The monoisotopic (exact) mass is 261 g/mol. The highest BCUT2D eigenvalue weighted by atomic mass is 15.1. The van der Waals surface area contributed by atoms with Crippen molar-refractivity contribution in [1.29, 1.82) is 5.41 Å². The Morgan fingerprint density at radius 2 is 1.68 bits per heavy atom. The van der Waals surface area contributed by atoms with Gasteiger partial charge < -0.3 is 10.6 Å². The number of nitrogens with two attached hydrogens (primary N) is 1. The third kappa shape index (κ3) is 4.27. The molecule has 1 aromatic carbocycles. The second-order valence-electron chi connectivity index (χ2n) is 6.08. The summed E-state index contributed by atoms with van der Waals surface area (Å²) in [5.74, 6) is 1.31. The molecular formula is C16H27N3. The van der Waals surface area contributed by atoms with Gasteiger partial charge in [0, 0.05) is 18.7 Å². The smallest absolute Gasteiger partial charge is 0.124 e. The number of rotatable bonds is 6. The first-order chi connectivity index (χ1) is 8.82. The molecule has 0 spiro atoms. The molecule has 1 aromatic rings. The predicted octanol–water partition coefficient (Wildman–Crippen LogP) is 3.40. The molecule has 0 bridgehead atoms. The number of nitrogens with zero attached hydrogens (tertiary/aromatic N) is 1. The molecule has 0 aromatic heterocycles. The molecule has 0 fully saturated rings. The topological polar surface area (TPSA) is 53.1 Å². The molecule has 0 unspecified atom stereocenters. The summed E-state index contributed by atoms with van der Waals surface area (Å²) in [5.41, 5.74) is 8.90. The van der Waals surface area contributed by atoms with Gasteiger partial charge in [-0.2, -0.15) is 0 Å². The van der Waals surface area contributed by atoms with Gasteiger partial charge >= 0.3 is 0 Å². The summed E-state index contributed by atoms with van der Waals surface area (Å²) in [6, 6.07) is 6.01. The van der Waals surface area contributed by atoms with Crippen LogP contribution >= 0.6 is 0 Å². The van der Waals surface area contributed by atoms with E-state index in [4.69, 9.17) is 11.1 Å². The highest BCUT2D eigenvalue weighted by molar-refractivity contribution is 6.01. The van der Waals surface area contributed by atoms with Gasteiger partial charge in [0.15, 0.2) is 0 Å². The van der Waals surface area contributed by atoms with E-state index in [0.717, 1.165) is 24.3 Å². The van der Waals surface area contributed by atoms with Crippen LogP contribution in [0.2, 0.25) is 0 Å². The Labute approximate surface area is 117 Å². The van der Waals surface area contributed by atoms with E-state index in [2.05, 4.69) is 45.6 Å². The van der Waals surface area contributed by atoms with Gasteiger partial charge in [0.05, 0.1) is 5.69 Å². The van der Waals surface area contributed by atoms with Gasteiger partial charge in [0.25, 0.3) is 0 Å². The summed E-state index contributed by atoms with van der Waals surface area (Å²) < 4.78 is 0. The summed E-state index contributed by atoms with van der Waals surface area (Å²) in [5, 5.41) is 7.78. The second kappa shape index (κ2) is 6.60. The van der Waals surface area contributed by atoms with E-state index < -0.39 is 0 Å². The first-order valence-corrected chi connectivity index (χ1v) is 7.01. The van der Waals surface area contributed by atoms with Gasteiger partial charge in [-0.05, 0) is 30.4 Å². The molecule has 0 atom stereocenters. The highest BCUT2D eigenvalue weighted by Crippen LogP contribution is 2.26. The summed E-state index contributed by atoms with van der Waals surface area (Å²) in [4.78, 5) is 2.38. The summed E-state index contributed by atoms with van der Waals surface area (Å²) in [6.45, 7) is 13.0. The molecule has 19 heavy (non-hydrogen) atoms. The van der Waals surface area contributed by atoms with Crippen LogP contribution in [0.4, 0.5) is 5.69 Å². The van der Waals surface area contributed by atoms with E-state index in [1.807, 2.05) is 12.1 Å². The number of hydrogen-bond acceptors (Lipinski definition) is 2. The molecule has 0 radical (unpaired) electrons. The van der Waals surface area contributed by atoms with Crippen molar-refractivity contribution in [1.82, 2.24) is 0 Å². The minimum absolute atomic E-state index is 0.149. The van der Waals surface area contributed by atoms with Crippen molar-refractivity contribution in [3.8, 4) is 0 Å². The third-order valence-corrected chi connectivity index (χ3v) is 3.02. The molecule has 0 aliphatic rings. The zero-order chi connectivity index (χ0) is 14.6. The number of nitrogen functional groups attached to an aromatic ring is 1. The van der Waals surface area contributed by atoms with Crippen molar-refractivity contribution in [2.24, 2.45) is 17.6 Å². The van der Waals surface area contributed by atoms with Gasteiger partial charge in [0.2, 0.25) is 0 Å². The predicted molar refractivity (Wildman–Crippen MR) is 84.1 cm³/mol. The zero-order valence-electron chi connectivity index (χ0n) is 12.8. The van der Waals surface area contributed by atoms with Crippen LogP contribution in [0.15, 0.2) is 18.2 Å². The molecule has 0 heterocycles. The molecular weight excluding hydrogens is 234 g/mol. The van der Waals surface area contributed by atoms with E-state index >= 15 is 0 Å². The van der Waals surface area contributed by atoms with Crippen molar-refractivity contribution in [2.75, 3.05) is 18.0 Å². The maximum absolute atomic E-state index is 7.78. The lowest BCUT2D eigenvalue weighted by Crippen LogP contribution is -2.33. The molecule has 0 aliphatic carbocycles. The average molecular weight is 261 g/mol. The molecule has 3 N–H and O–H groups in total. The Balaban J connectivity index is 3.23. The maximum Gasteiger partial charge on any atom is 0.124 e. The normalized spacial score (nSPS) is 11.1. The lowest BCUT2D eigenvalue weighted by molar-refractivity contribution is 0.552. The van der Waals surface area contributed by atoms with Gasteiger partial charge in [-0.1, -0.05) is 39.8 Å². The minimum Gasteiger partial charge on any atom is -0.384 e. The molecule has 0 saturated heterocycles. The molecule has 0 amide bonds. The first-order valence-electron chi connectivity index (χ1n) is 7.01. The number of para-hydroxylation sites is 1. The van der Waals surface area contributed by atoms with Gasteiger partial charge in [-0.3, -0.25) is 5.41 Å². The summed E-state index contributed by atoms with van der Waals surface area (Å²) in [7, 11) is 0. The van der Waals surface area contributed by atoms with Gasteiger partial charge in [-0.15, -0.1) is 0 Å². The van der Waals surface area contributed by atoms with Crippen molar-refractivity contribution < 1.29 is 0 Å². The lowest BCUT2D eigenvalue weighted by atomic mass is 10.0. The fourth-order valence-electron chi connectivity index (χ4n) is 2.43. The average Bonchev–Trinajstić information content (AvgIpc) is 2.26. The number of benzene rings is 1. The first kappa shape index (κ1) is 15.5. The van der Waals surface area contributed by atoms with Crippen LogP contribution < -0.4 is 10.6 Å². The van der Waals surface area contributed by atoms with E-state index in [1.165, 1.54) is 5.56 Å². The summed E-state index contributed by atoms with van der Waals surface area (Å²) >= 11 is 0. The zero-order valence-corrected chi connectivity index (χ0v) is 12.8. The van der Waals surface area contributed by atoms with Crippen molar-refractivity contribution >= 4 is 11.5 Å².